The molecule has 0 aliphatic carbocycles. The number of sulfonamides is 1. The fraction of sp³-hybridized carbons (Fsp3) is 0.562. The zero-order valence-corrected chi connectivity index (χ0v) is 14.4. The molecule has 0 aromatic heterocycles. The Morgan fingerprint density at radius 2 is 1.86 bits per heavy atom. The van der Waals surface area contributed by atoms with Crippen molar-refractivity contribution in [3.05, 3.63) is 29.3 Å². The lowest BCUT2D eigenvalue weighted by molar-refractivity contribution is -0.121. The molecule has 124 valence electrons. The van der Waals surface area contributed by atoms with Gasteiger partial charge in [-0.05, 0) is 37.5 Å². The summed E-state index contributed by atoms with van der Waals surface area (Å²) in [5.74, 6) is -0.0283. The monoisotopic (exact) mass is 326 g/mol. The van der Waals surface area contributed by atoms with Gasteiger partial charge in [-0.25, -0.2) is 13.1 Å². The minimum atomic E-state index is -3.53. The lowest BCUT2D eigenvalue weighted by atomic mass is 10.2. The third-order valence-corrected chi connectivity index (χ3v) is 4.98. The maximum Gasteiger partial charge on any atom is 0.240 e. The second kappa shape index (κ2) is 8.90. The summed E-state index contributed by atoms with van der Waals surface area (Å²) in [4.78, 5) is 11.8. The molecule has 1 rings (SSSR count). The molecule has 2 N–H and O–H groups in total. The van der Waals surface area contributed by atoms with Crippen molar-refractivity contribution in [2.45, 2.75) is 51.3 Å². The van der Waals surface area contributed by atoms with Crippen LogP contribution in [0.25, 0.3) is 0 Å². The number of benzene rings is 1. The number of nitrogens with one attached hydrogen (secondary N) is 2. The van der Waals surface area contributed by atoms with Crippen LogP contribution in [0.3, 0.4) is 0 Å². The average Bonchev–Trinajstić information content (AvgIpc) is 2.46. The summed E-state index contributed by atoms with van der Waals surface area (Å²) in [5, 5.41) is 2.73. The van der Waals surface area contributed by atoms with Crippen molar-refractivity contribution < 1.29 is 13.2 Å². The van der Waals surface area contributed by atoms with Gasteiger partial charge in [0.15, 0.2) is 0 Å². The number of amides is 1. The molecule has 0 aliphatic rings. The molecule has 0 heterocycles. The van der Waals surface area contributed by atoms with E-state index in [1.54, 1.807) is 19.1 Å². The number of hydrogen-bond acceptors (Lipinski definition) is 3. The zero-order chi connectivity index (χ0) is 16.6. The molecule has 5 nitrogen and oxygen atoms in total. The van der Waals surface area contributed by atoms with Gasteiger partial charge >= 0.3 is 0 Å². The summed E-state index contributed by atoms with van der Waals surface area (Å²) < 4.78 is 27.0. The third kappa shape index (κ3) is 6.15. The van der Waals surface area contributed by atoms with E-state index in [0.717, 1.165) is 24.8 Å². The Labute approximate surface area is 133 Å². The molecule has 0 bridgehead atoms. The number of aryl methyl sites for hydroxylation is 2. The van der Waals surface area contributed by atoms with Crippen molar-refractivity contribution in [2.24, 2.45) is 0 Å². The van der Waals surface area contributed by atoms with Gasteiger partial charge in [-0.15, -0.1) is 0 Å². The molecule has 22 heavy (non-hydrogen) atoms. The number of carbonyl (C=O) groups excluding carboxylic acids is 1. The molecule has 6 heteroatoms. The summed E-state index contributed by atoms with van der Waals surface area (Å²) in [6.07, 6.45) is 3.48. The second-order valence-electron chi connectivity index (χ2n) is 5.47. The van der Waals surface area contributed by atoms with Crippen LogP contribution in [0.5, 0.6) is 0 Å². The Morgan fingerprint density at radius 1 is 1.14 bits per heavy atom. The van der Waals surface area contributed by atoms with Crippen LogP contribution >= 0.6 is 0 Å². The molecule has 0 saturated heterocycles. The maximum absolute atomic E-state index is 12.2. The van der Waals surface area contributed by atoms with Crippen LogP contribution in [0.2, 0.25) is 0 Å². The molecular weight excluding hydrogens is 300 g/mol. The van der Waals surface area contributed by atoms with Crippen LogP contribution in [0.1, 0.15) is 43.7 Å². The van der Waals surface area contributed by atoms with Gasteiger partial charge < -0.3 is 5.32 Å². The molecule has 0 atom stereocenters. The third-order valence-electron chi connectivity index (χ3n) is 3.38. The van der Waals surface area contributed by atoms with Gasteiger partial charge in [-0.1, -0.05) is 31.9 Å². The molecule has 1 amide bonds. The van der Waals surface area contributed by atoms with Crippen molar-refractivity contribution in [3.63, 3.8) is 0 Å². The molecule has 1 aromatic rings. The Balaban J connectivity index is 2.43. The fourth-order valence-electron chi connectivity index (χ4n) is 2.09. The van der Waals surface area contributed by atoms with E-state index in [2.05, 4.69) is 17.0 Å². The highest BCUT2D eigenvalue weighted by Crippen LogP contribution is 2.16. The van der Waals surface area contributed by atoms with Crippen molar-refractivity contribution in [1.82, 2.24) is 10.0 Å². The van der Waals surface area contributed by atoms with Gasteiger partial charge in [-0.2, -0.15) is 0 Å². The van der Waals surface area contributed by atoms with Gasteiger partial charge in [0.05, 0.1) is 4.90 Å². The van der Waals surface area contributed by atoms with Gasteiger partial charge in [-0.3, -0.25) is 4.79 Å². The minimum absolute atomic E-state index is 0.0283. The summed E-state index contributed by atoms with van der Waals surface area (Å²) in [7, 11) is -3.53. The van der Waals surface area contributed by atoms with Crippen LogP contribution in [0.15, 0.2) is 23.1 Å². The van der Waals surface area contributed by atoms with E-state index in [1.807, 2.05) is 13.0 Å². The highest BCUT2D eigenvalue weighted by Gasteiger charge is 2.16. The van der Waals surface area contributed by atoms with E-state index < -0.39 is 10.0 Å². The first kappa shape index (κ1) is 18.6. The van der Waals surface area contributed by atoms with E-state index in [1.165, 1.54) is 0 Å². The maximum atomic E-state index is 12.2. The first-order valence-corrected chi connectivity index (χ1v) is 9.18. The van der Waals surface area contributed by atoms with Crippen LogP contribution in [0.4, 0.5) is 0 Å². The van der Waals surface area contributed by atoms with Gasteiger partial charge in [0, 0.05) is 19.5 Å². The Kier molecular flexibility index (Phi) is 7.55. The SMILES string of the molecule is CCCCCC(=O)NCCNS(=O)(=O)c1cc(C)ccc1C. The number of unbranched alkanes of at least 4 members (excludes halogenated alkanes) is 2. The largest absolute Gasteiger partial charge is 0.355 e. The van der Waals surface area contributed by atoms with Crippen molar-refractivity contribution in [1.29, 1.82) is 0 Å². The number of rotatable bonds is 9. The summed E-state index contributed by atoms with van der Waals surface area (Å²) in [5.41, 5.74) is 1.61. The number of carbonyl (C=O) groups is 1. The van der Waals surface area contributed by atoms with Crippen LogP contribution in [-0.4, -0.2) is 27.4 Å². The van der Waals surface area contributed by atoms with Crippen molar-refractivity contribution >= 4 is 15.9 Å². The van der Waals surface area contributed by atoms with E-state index in [0.29, 0.717) is 23.4 Å². The smallest absolute Gasteiger partial charge is 0.240 e. The molecule has 0 radical (unpaired) electrons. The number of hydrogen-bond donors (Lipinski definition) is 2. The summed E-state index contributed by atoms with van der Waals surface area (Å²) >= 11 is 0. The van der Waals surface area contributed by atoms with Gasteiger partial charge in [0.1, 0.15) is 0 Å². The van der Waals surface area contributed by atoms with E-state index in [-0.39, 0.29) is 12.5 Å². The lowest BCUT2D eigenvalue weighted by Gasteiger charge is -2.10. The van der Waals surface area contributed by atoms with E-state index >= 15 is 0 Å². The molecule has 0 spiro atoms. The summed E-state index contributed by atoms with van der Waals surface area (Å²) in [6, 6.07) is 5.32. The molecule has 0 aliphatic heterocycles. The quantitative estimate of drug-likeness (QED) is 0.684. The molecule has 0 unspecified atom stereocenters. The first-order chi connectivity index (χ1) is 10.4. The lowest BCUT2D eigenvalue weighted by Crippen LogP contribution is -2.34. The second-order valence-corrected chi connectivity index (χ2v) is 7.21. The Morgan fingerprint density at radius 3 is 2.55 bits per heavy atom. The van der Waals surface area contributed by atoms with Crippen LogP contribution < -0.4 is 10.0 Å². The van der Waals surface area contributed by atoms with Crippen LogP contribution in [0, 0.1) is 13.8 Å². The molecule has 0 fully saturated rings. The van der Waals surface area contributed by atoms with Crippen molar-refractivity contribution in [3.8, 4) is 0 Å². The first-order valence-electron chi connectivity index (χ1n) is 7.70. The predicted octanol–water partition coefficient (Wildman–Crippen LogP) is 2.28. The summed E-state index contributed by atoms with van der Waals surface area (Å²) in [6.45, 7) is 6.20. The standard InChI is InChI=1S/C16H26N2O3S/c1-4-5-6-7-16(19)17-10-11-18-22(20,21)15-12-13(2)8-9-14(15)3/h8-9,12,18H,4-7,10-11H2,1-3H3,(H,17,19). The molecule has 1 aromatic carbocycles. The average molecular weight is 326 g/mol. The normalized spacial score (nSPS) is 11.4. The highest BCUT2D eigenvalue weighted by molar-refractivity contribution is 7.89. The topological polar surface area (TPSA) is 75.3 Å². The fourth-order valence-corrected chi connectivity index (χ4v) is 3.45. The highest BCUT2D eigenvalue weighted by atomic mass is 32.2. The van der Waals surface area contributed by atoms with E-state index in [4.69, 9.17) is 0 Å². The minimum Gasteiger partial charge on any atom is -0.355 e. The van der Waals surface area contributed by atoms with Gasteiger partial charge in [0.2, 0.25) is 15.9 Å². The predicted molar refractivity (Wildman–Crippen MR) is 88.3 cm³/mol. The molecule has 0 saturated carbocycles. The van der Waals surface area contributed by atoms with Crippen molar-refractivity contribution in [2.75, 3.05) is 13.1 Å². The molecular formula is C16H26N2O3S. The van der Waals surface area contributed by atoms with Gasteiger partial charge in [0.25, 0.3) is 0 Å². The Bertz CT molecular complexity index is 597. The Hall–Kier alpha value is -1.40. The van der Waals surface area contributed by atoms with Crippen LogP contribution in [-0.2, 0) is 14.8 Å². The van der Waals surface area contributed by atoms with E-state index in [9.17, 15) is 13.2 Å². The zero-order valence-electron chi connectivity index (χ0n) is 13.6.